The monoisotopic (exact) mass is 843 g/mol. The molecule has 3 heterocycles. The lowest BCUT2D eigenvalue weighted by Crippen LogP contribution is -2.58. The average molecular weight is 844 g/mol. The highest BCUT2D eigenvalue weighted by atomic mass is 16.7. The second kappa shape index (κ2) is 24.9. The predicted octanol–water partition coefficient (Wildman–Crippen LogP) is -6.94. The third-order valence-electron chi connectivity index (χ3n) is 10.1. The molecule has 0 saturated carbocycles. The van der Waals surface area contributed by atoms with Crippen LogP contribution in [-0.4, -0.2) is 226 Å². The molecule has 0 bridgehead atoms. The van der Waals surface area contributed by atoms with Crippen LogP contribution in [0.4, 0.5) is 0 Å². The Kier molecular flexibility index (Phi) is 21.5. The van der Waals surface area contributed by atoms with E-state index < -0.39 is 129 Å². The van der Waals surface area contributed by atoms with E-state index in [4.69, 9.17) is 34.2 Å². The summed E-state index contributed by atoms with van der Waals surface area (Å²) < 4.78 is 32.7. The first-order valence-corrected chi connectivity index (χ1v) is 19.7. The van der Waals surface area contributed by atoms with Crippen molar-refractivity contribution in [1.29, 1.82) is 0 Å². The van der Waals surface area contributed by atoms with E-state index in [9.17, 15) is 60.3 Å². The van der Waals surface area contributed by atoms with Crippen LogP contribution in [0.15, 0.2) is 0 Å². The first-order valence-electron chi connectivity index (χ1n) is 19.7. The molecule has 3 aliphatic heterocycles. The molecule has 0 radical (unpaired) electrons. The van der Waals surface area contributed by atoms with E-state index in [1.807, 2.05) is 0 Å². The van der Waals surface area contributed by atoms with Crippen LogP contribution in [0.3, 0.4) is 0 Å². The van der Waals surface area contributed by atoms with Crippen LogP contribution in [0.5, 0.6) is 0 Å². The van der Waals surface area contributed by atoms with Gasteiger partial charge < -0.3 is 96.1 Å². The Balaban J connectivity index is 1.63. The van der Waals surface area contributed by atoms with Gasteiger partial charge in [0.05, 0.1) is 57.3 Å². The largest absolute Gasteiger partial charge is 0.388 e. The topological polar surface area (TPSA) is 354 Å². The van der Waals surface area contributed by atoms with Crippen LogP contribution in [0, 0.1) is 0 Å². The molecule has 3 saturated heterocycles. The fraction of sp³-hybridized carbons (Fsp3) is 0.914. The van der Waals surface area contributed by atoms with Gasteiger partial charge in [-0.1, -0.05) is 12.8 Å². The average Bonchev–Trinajstić information content (AvgIpc) is 3.19. The van der Waals surface area contributed by atoms with E-state index >= 15 is 0 Å². The van der Waals surface area contributed by atoms with Crippen molar-refractivity contribution in [1.82, 2.24) is 20.9 Å². The summed E-state index contributed by atoms with van der Waals surface area (Å²) in [6, 6.07) is -1.03. The molecule has 0 aromatic rings. The molecule has 58 heavy (non-hydrogen) atoms. The zero-order valence-electron chi connectivity index (χ0n) is 33.2. The number of unbranched alkanes of at least 4 members (excludes halogenated alkanes) is 2. The number of nitrogens with two attached hydrogens (primary N) is 1. The number of aliphatic hydroxyl groups excluding tert-OH is 9. The molecule has 23 heteroatoms. The maximum Gasteiger partial charge on any atom is 0.237 e. The van der Waals surface area contributed by atoms with Crippen molar-refractivity contribution in [3.05, 3.63) is 0 Å². The molecule has 23 nitrogen and oxygen atoms in total. The lowest BCUT2D eigenvalue weighted by molar-refractivity contribution is -0.292. The Morgan fingerprint density at radius 1 is 0.552 bits per heavy atom. The van der Waals surface area contributed by atoms with Crippen LogP contribution in [0.25, 0.3) is 0 Å². The van der Waals surface area contributed by atoms with Crippen LogP contribution in [0.2, 0.25) is 0 Å². The van der Waals surface area contributed by atoms with Gasteiger partial charge in [-0.2, -0.15) is 0 Å². The summed E-state index contributed by atoms with van der Waals surface area (Å²) in [4.78, 5) is 41.6. The molecule has 14 N–H and O–H groups in total. The van der Waals surface area contributed by atoms with Gasteiger partial charge in [-0.3, -0.25) is 19.3 Å². The van der Waals surface area contributed by atoms with Crippen molar-refractivity contribution in [2.24, 2.45) is 5.73 Å². The zero-order valence-corrected chi connectivity index (χ0v) is 33.2. The summed E-state index contributed by atoms with van der Waals surface area (Å²) in [6.45, 7) is 3.19. The summed E-state index contributed by atoms with van der Waals surface area (Å²) in [5, 5.41) is 98.5. The molecule has 0 spiro atoms. The number of ether oxygens (including phenoxy) is 6. The fourth-order valence-electron chi connectivity index (χ4n) is 6.55. The van der Waals surface area contributed by atoms with E-state index in [1.165, 1.54) is 25.7 Å². The van der Waals surface area contributed by atoms with Crippen LogP contribution in [0.1, 0.15) is 46.5 Å². The first kappa shape index (κ1) is 50.1. The predicted molar refractivity (Wildman–Crippen MR) is 197 cm³/mol. The maximum atomic E-state index is 13.7. The second-order valence-corrected chi connectivity index (χ2v) is 14.7. The van der Waals surface area contributed by atoms with Crippen molar-refractivity contribution in [3.8, 4) is 0 Å². The first-order chi connectivity index (χ1) is 27.5. The third-order valence-corrected chi connectivity index (χ3v) is 10.1. The number of amides is 3. The van der Waals surface area contributed by atoms with E-state index in [0.29, 0.717) is 25.8 Å². The standard InChI is InChI=1S/C35H65N5O18/c1-17-23(43)26(46)29(49)33(56-17)53-12-9-37-21(41)15-40(16-22(42)38-10-13-54-34-30(50)27(47)24(44)18(2)57-34)20(7-5-4-6-8-36)32(52)39-11-14-55-35-31(51)28(48)25(45)19(3)58-35/h17-20,23-31,33-35,43-51H,4-16,36H2,1-3H3,(H,37,41)(H,38,42)(H,39,52)/t17-,18-,19-,20?,23+,24+,25+,26+,27+,28+,29-,30-,31-,33-,34+,35+/m0/s1. The molecule has 0 aromatic heterocycles. The smallest absolute Gasteiger partial charge is 0.237 e. The van der Waals surface area contributed by atoms with Crippen molar-refractivity contribution in [2.45, 2.75) is 145 Å². The minimum atomic E-state index is -1.55. The van der Waals surface area contributed by atoms with Crippen molar-refractivity contribution < 1.29 is 88.8 Å². The summed E-state index contributed by atoms with van der Waals surface area (Å²) >= 11 is 0. The minimum absolute atomic E-state index is 0.0978. The van der Waals surface area contributed by atoms with Gasteiger partial charge in [-0.25, -0.2) is 0 Å². The van der Waals surface area contributed by atoms with E-state index in [0.717, 1.165) is 0 Å². The molecular formula is C35H65N5O18. The Morgan fingerprint density at radius 2 is 0.914 bits per heavy atom. The summed E-state index contributed by atoms with van der Waals surface area (Å²) in [7, 11) is 0. The Morgan fingerprint density at radius 3 is 1.28 bits per heavy atom. The zero-order chi connectivity index (χ0) is 43.1. The SMILES string of the molecule is C[C@@H]1O[C@@H](OCCNC(=O)CN(CC(=O)NCCO[C@H]2O[C@@H](C)[C@@H](O)[C@@H](O)[C@@H]2O)C(CCCCCN)C(=O)NCCO[C@@H]2O[C@@H](C)[C@@H](O)[C@@H](O)[C@@H]2O)[C@@H](O)[C@H](O)[C@@H]1O. The number of rotatable bonds is 23. The van der Waals surface area contributed by atoms with E-state index in [2.05, 4.69) is 16.0 Å². The van der Waals surface area contributed by atoms with Gasteiger partial charge in [-0.05, 0) is 40.2 Å². The number of hydrogen-bond donors (Lipinski definition) is 13. The highest BCUT2D eigenvalue weighted by Crippen LogP contribution is 2.24. The number of carbonyl (C=O) groups excluding carboxylic acids is 3. The molecule has 3 rings (SSSR count). The second-order valence-electron chi connectivity index (χ2n) is 14.7. The molecule has 3 fully saturated rings. The molecule has 338 valence electrons. The summed E-state index contributed by atoms with van der Waals surface area (Å²) in [5.74, 6) is -1.77. The lowest BCUT2D eigenvalue weighted by atomic mass is 10.0. The quantitative estimate of drug-likeness (QED) is 0.0425. The van der Waals surface area contributed by atoms with Gasteiger partial charge >= 0.3 is 0 Å². The normalized spacial score (nSPS) is 36.0. The molecular weight excluding hydrogens is 778 g/mol. The van der Waals surface area contributed by atoms with Crippen LogP contribution in [-0.2, 0) is 42.8 Å². The maximum absolute atomic E-state index is 13.7. The van der Waals surface area contributed by atoms with Crippen molar-refractivity contribution in [3.63, 3.8) is 0 Å². The Labute approximate surface area is 336 Å². The van der Waals surface area contributed by atoms with E-state index in [-0.39, 0.29) is 45.9 Å². The Bertz CT molecular complexity index is 1190. The highest BCUT2D eigenvalue weighted by Gasteiger charge is 2.44. The number of carbonyl (C=O) groups is 3. The molecule has 3 amide bonds. The fourth-order valence-corrected chi connectivity index (χ4v) is 6.55. The molecule has 16 atom stereocenters. The lowest BCUT2D eigenvalue weighted by Gasteiger charge is -2.39. The van der Waals surface area contributed by atoms with Crippen LogP contribution < -0.4 is 21.7 Å². The number of hydrogen-bond acceptors (Lipinski definition) is 20. The number of nitrogens with zero attached hydrogens (tertiary/aromatic N) is 1. The van der Waals surface area contributed by atoms with Crippen molar-refractivity contribution >= 4 is 17.7 Å². The molecule has 0 aliphatic carbocycles. The molecule has 3 aliphatic rings. The number of aliphatic hydroxyl groups is 9. The van der Waals surface area contributed by atoms with Crippen molar-refractivity contribution in [2.75, 3.05) is 59.1 Å². The van der Waals surface area contributed by atoms with Gasteiger partial charge in [-0.15, -0.1) is 0 Å². The van der Waals surface area contributed by atoms with Gasteiger partial charge in [0.1, 0.15) is 54.9 Å². The van der Waals surface area contributed by atoms with Gasteiger partial charge in [0, 0.05) is 19.6 Å². The highest BCUT2D eigenvalue weighted by molar-refractivity contribution is 5.86. The van der Waals surface area contributed by atoms with Gasteiger partial charge in [0.15, 0.2) is 18.9 Å². The van der Waals surface area contributed by atoms with Gasteiger partial charge in [0.2, 0.25) is 17.7 Å². The van der Waals surface area contributed by atoms with Gasteiger partial charge in [0.25, 0.3) is 0 Å². The molecule has 1 unspecified atom stereocenters. The summed E-state index contributed by atoms with van der Waals surface area (Å²) in [5.41, 5.74) is 5.66. The Hall–Kier alpha value is -2.27. The third kappa shape index (κ3) is 14.7. The molecule has 0 aromatic carbocycles. The van der Waals surface area contributed by atoms with Crippen LogP contribution >= 0.6 is 0 Å². The minimum Gasteiger partial charge on any atom is -0.388 e. The van der Waals surface area contributed by atoms with E-state index in [1.54, 1.807) is 0 Å². The summed E-state index contributed by atoms with van der Waals surface area (Å²) in [6.07, 6.45) is -17.5. The number of nitrogens with one attached hydrogen (secondary N) is 3.